The molecule has 0 unspecified atom stereocenters. The monoisotopic (exact) mass is 960 g/mol. The standard InChI is InChI=1S/C68H69N3O2/c1-65(2,3)46-17-27-50(28-18-46)70(51-29-19-47(20-30-51)66(4,5)6)54-25-15-42-37-56-57-41-59(69(13)14)64-62(63(57)72-60(56)39-44(42)35-54)58-38-43-16-26-55(36-45(43)40-61(58)73-64)71(52-31-21-48(22-32-52)67(7,8)9)53-33-23-49(24-34-53)68(10,11)12/h15-41H,1-14H3. The Morgan fingerprint density at radius 1 is 0.301 bits per heavy atom. The van der Waals surface area contributed by atoms with Crippen LogP contribution < -0.4 is 14.7 Å². The quantitative estimate of drug-likeness (QED) is 0.159. The molecule has 0 aliphatic heterocycles. The van der Waals surface area contributed by atoms with Crippen molar-refractivity contribution in [1.82, 2.24) is 0 Å². The van der Waals surface area contributed by atoms with Gasteiger partial charge in [0.15, 0.2) is 5.58 Å². The van der Waals surface area contributed by atoms with E-state index in [0.29, 0.717) is 0 Å². The Bertz CT molecular complexity index is 3770. The van der Waals surface area contributed by atoms with E-state index in [2.05, 4.69) is 276 Å². The molecule has 73 heavy (non-hydrogen) atoms. The molecule has 0 aliphatic carbocycles. The Balaban J connectivity index is 1.04. The molecule has 11 rings (SSSR count). The highest BCUT2D eigenvalue weighted by atomic mass is 16.3. The average Bonchev–Trinajstić information content (AvgIpc) is 3.89. The number of benzene rings is 9. The number of fused-ring (bicyclic) bond motifs is 9. The first-order valence-corrected chi connectivity index (χ1v) is 25.9. The summed E-state index contributed by atoms with van der Waals surface area (Å²) < 4.78 is 14.0. The van der Waals surface area contributed by atoms with Gasteiger partial charge in [0.05, 0.1) is 11.1 Å². The molecule has 0 amide bonds. The van der Waals surface area contributed by atoms with Crippen LogP contribution in [0.4, 0.5) is 39.8 Å². The smallest absolute Gasteiger partial charge is 0.162 e. The van der Waals surface area contributed by atoms with Crippen LogP contribution in [0.1, 0.15) is 105 Å². The van der Waals surface area contributed by atoms with Gasteiger partial charge in [0, 0.05) is 64.4 Å². The highest BCUT2D eigenvalue weighted by Crippen LogP contribution is 2.47. The van der Waals surface area contributed by atoms with Gasteiger partial charge in [-0.3, -0.25) is 0 Å². The van der Waals surface area contributed by atoms with Gasteiger partial charge < -0.3 is 23.5 Å². The third kappa shape index (κ3) is 8.67. The number of furan rings is 2. The summed E-state index contributed by atoms with van der Waals surface area (Å²) in [6.07, 6.45) is 0. The maximum absolute atomic E-state index is 7.06. The summed E-state index contributed by atoms with van der Waals surface area (Å²) in [5.74, 6) is 0. The minimum Gasteiger partial charge on any atom is -0.455 e. The van der Waals surface area contributed by atoms with Crippen molar-refractivity contribution in [3.05, 3.63) is 186 Å². The van der Waals surface area contributed by atoms with E-state index in [9.17, 15) is 0 Å². The van der Waals surface area contributed by atoms with E-state index in [0.717, 1.165) is 105 Å². The van der Waals surface area contributed by atoms with Crippen molar-refractivity contribution in [3.63, 3.8) is 0 Å². The second-order valence-corrected chi connectivity index (χ2v) is 24.7. The molecule has 2 heterocycles. The third-order valence-electron chi connectivity index (χ3n) is 15.0. The molecule has 368 valence electrons. The number of anilines is 7. The summed E-state index contributed by atoms with van der Waals surface area (Å²) in [5.41, 5.74) is 16.4. The Morgan fingerprint density at radius 3 is 0.986 bits per heavy atom. The van der Waals surface area contributed by atoms with Crippen LogP contribution in [-0.2, 0) is 21.7 Å². The summed E-state index contributed by atoms with van der Waals surface area (Å²) in [5, 5.41) is 8.68. The fourth-order valence-corrected chi connectivity index (χ4v) is 10.6. The Morgan fingerprint density at radius 2 is 0.630 bits per heavy atom. The fraction of sp³-hybridized carbons (Fsp3) is 0.265. The summed E-state index contributed by atoms with van der Waals surface area (Å²) in [7, 11) is 4.18. The molecule has 11 aromatic rings. The largest absolute Gasteiger partial charge is 0.455 e. The van der Waals surface area contributed by atoms with Gasteiger partial charge in [0.2, 0.25) is 0 Å². The maximum atomic E-state index is 7.06. The van der Waals surface area contributed by atoms with Crippen molar-refractivity contribution >= 4 is 105 Å². The van der Waals surface area contributed by atoms with Crippen LogP contribution >= 0.6 is 0 Å². The van der Waals surface area contributed by atoms with Crippen molar-refractivity contribution < 1.29 is 8.83 Å². The number of hydrogen-bond acceptors (Lipinski definition) is 5. The number of nitrogens with zero attached hydrogens (tertiary/aromatic N) is 3. The Hall–Kier alpha value is -7.50. The number of rotatable bonds is 7. The lowest BCUT2D eigenvalue weighted by Crippen LogP contribution is -2.14. The third-order valence-corrected chi connectivity index (χ3v) is 15.0. The van der Waals surface area contributed by atoms with E-state index in [-0.39, 0.29) is 21.7 Å². The molecule has 5 nitrogen and oxygen atoms in total. The molecule has 0 fully saturated rings. The molecular formula is C68H69N3O2. The minimum absolute atomic E-state index is 0.0555. The van der Waals surface area contributed by atoms with E-state index < -0.39 is 0 Å². The second kappa shape index (κ2) is 17.1. The highest BCUT2D eigenvalue weighted by Gasteiger charge is 2.25. The van der Waals surface area contributed by atoms with Crippen molar-refractivity contribution in [1.29, 1.82) is 0 Å². The lowest BCUT2D eigenvalue weighted by Gasteiger charge is -2.28. The second-order valence-electron chi connectivity index (χ2n) is 24.7. The van der Waals surface area contributed by atoms with Gasteiger partial charge >= 0.3 is 0 Å². The van der Waals surface area contributed by atoms with Gasteiger partial charge in [-0.25, -0.2) is 0 Å². The fourth-order valence-electron chi connectivity index (χ4n) is 10.6. The summed E-state index contributed by atoms with van der Waals surface area (Å²) >= 11 is 0. The zero-order valence-electron chi connectivity index (χ0n) is 45.2. The van der Waals surface area contributed by atoms with E-state index >= 15 is 0 Å². The molecule has 0 N–H and O–H groups in total. The maximum Gasteiger partial charge on any atom is 0.162 e. The van der Waals surface area contributed by atoms with Crippen molar-refractivity contribution in [2.24, 2.45) is 0 Å². The number of hydrogen-bond donors (Lipinski definition) is 0. The summed E-state index contributed by atoms with van der Waals surface area (Å²) in [6.45, 7) is 27.2. The molecular weight excluding hydrogens is 891 g/mol. The average molecular weight is 960 g/mol. The van der Waals surface area contributed by atoms with Crippen molar-refractivity contribution in [2.75, 3.05) is 28.8 Å². The van der Waals surface area contributed by atoms with Crippen LogP contribution in [0.25, 0.3) is 65.4 Å². The van der Waals surface area contributed by atoms with Crippen LogP contribution in [0.3, 0.4) is 0 Å². The van der Waals surface area contributed by atoms with Crippen LogP contribution in [0, 0.1) is 0 Å². The van der Waals surface area contributed by atoms with E-state index in [1.54, 1.807) is 0 Å². The molecule has 9 aromatic carbocycles. The van der Waals surface area contributed by atoms with Gasteiger partial charge in [-0.2, -0.15) is 0 Å². The Kier molecular flexibility index (Phi) is 11.2. The van der Waals surface area contributed by atoms with Gasteiger partial charge in [0.1, 0.15) is 16.7 Å². The molecule has 2 aromatic heterocycles. The molecule has 0 saturated heterocycles. The summed E-state index contributed by atoms with van der Waals surface area (Å²) in [6, 6.07) is 61.0. The normalized spacial score (nSPS) is 12.8. The van der Waals surface area contributed by atoms with Crippen LogP contribution in [0.5, 0.6) is 0 Å². The van der Waals surface area contributed by atoms with Gasteiger partial charge in [0.25, 0.3) is 0 Å². The molecule has 5 heteroatoms. The van der Waals surface area contributed by atoms with E-state index in [1.165, 1.54) is 22.3 Å². The highest BCUT2D eigenvalue weighted by molar-refractivity contribution is 6.27. The predicted molar refractivity (Wildman–Crippen MR) is 315 cm³/mol. The van der Waals surface area contributed by atoms with Crippen molar-refractivity contribution in [2.45, 2.75) is 105 Å². The summed E-state index contributed by atoms with van der Waals surface area (Å²) in [4.78, 5) is 6.88. The predicted octanol–water partition coefficient (Wildman–Crippen LogP) is 20.0. The SMILES string of the molecule is CN(C)c1cc2c3cc4ccc(N(c5ccc(C(C)(C)C)cc5)c5ccc(C(C)(C)C)cc5)cc4cc3oc2c2c1oc1cc3cc(N(c4ccc(C(C)(C)C)cc4)c4ccc(C(C)(C)C)cc4)ccc3cc12. The van der Waals surface area contributed by atoms with Gasteiger partial charge in [-0.1, -0.05) is 144 Å². The molecule has 0 radical (unpaired) electrons. The molecule has 0 saturated carbocycles. The molecule has 0 atom stereocenters. The molecule has 0 aliphatic rings. The first-order valence-electron chi connectivity index (χ1n) is 25.9. The van der Waals surface area contributed by atoms with Gasteiger partial charge in [-0.15, -0.1) is 0 Å². The first kappa shape index (κ1) is 47.8. The lowest BCUT2D eigenvalue weighted by molar-refractivity contribution is 0.590. The van der Waals surface area contributed by atoms with Crippen molar-refractivity contribution in [3.8, 4) is 0 Å². The topological polar surface area (TPSA) is 36.0 Å². The van der Waals surface area contributed by atoms with Gasteiger partial charge in [-0.05, 0) is 169 Å². The van der Waals surface area contributed by atoms with Crippen LogP contribution in [0.15, 0.2) is 173 Å². The first-order chi connectivity index (χ1) is 34.5. The molecule has 0 bridgehead atoms. The van der Waals surface area contributed by atoms with Crippen LogP contribution in [-0.4, -0.2) is 14.1 Å². The lowest BCUT2D eigenvalue weighted by atomic mass is 9.86. The molecule has 0 spiro atoms. The van der Waals surface area contributed by atoms with E-state index in [1.807, 2.05) is 0 Å². The Labute approximate surface area is 431 Å². The van der Waals surface area contributed by atoms with Crippen LogP contribution in [0.2, 0.25) is 0 Å². The minimum atomic E-state index is 0.0555. The zero-order chi connectivity index (χ0) is 51.5. The zero-order valence-corrected chi connectivity index (χ0v) is 45.2. The van der Waals surface area contributed by atoms with E-state index in [4.69, 9.17) is 8.83 Å².